The van der Waals surface area contributed by atoms with Gasteiger partial charge >= 0.3 is 0 Å². The van der Waals surface area contributed by atoms with E-state index < -0.39 is 7.92 Å². The maximum atomic E-state index is 10.0. The van der Waals surface area contributed by atoms with Crippen LogP contribution in [-0.2, 0) is 35.7 Å². The molecule has 0 amide bonds. The van der Waals surface area contributed by atoms with Crippen molar-refractivity contribution in [3.05, 3.63) is 131 Å². The van der Waals surface area contributed by atoms with E-state index in [1.165, 1.54) is 63.5 Å². The number of aliphatic hydroxyl groups excluding tert-OH is 1. The zero-order chi connectivity index (χ0) is 29.8. The van der Waals surface area contributed by atoms with Crippen molar-refractivity contribution < 1.29 is 30.0 Å². The van der Waals surface area contributed by atoms with Gasteiger partial charge in [-0.2, -0.15) is 0 Å². The van der Waals surface area contributed by atoms with Crippen LogP contribution in [0.2, 0.25) is 0 Å². The third-order valence-corrected chi connectivity index (χ3v) is 11.1. The van der Waals surface area contributed by atoms with Crippen molar-refractivity contribution in [2.75, 3.05) is 0 Å². The van der Waals surface area contributed by atoms with Gasteiger partial charge in [0.05, 0.1) is 11.3 Å². The smallest absolute Gasteiger partial charge is 0.155 e. The minimum atomic E-state index is -0.629. The van der Waals surface area contributed by atoms with Crippen LogP contribution >= 0.6 is 7.92 Å². The number of hydrogen-bond donors (Lipinski definition) is 1. The molecule has 0 spiro atoms. The number of hydrogen-bond acceptors (Lipinski definition) is 3. The predicted molar refractivity (Wildman–Crippen MR) is 176 cm³/mol. The molecule has 0 saturated heterocycles. The van der Waals surface area contributed by atoms with E-state index in [0.717, 1.165) is 16.8 Å². The van der Waals surface area contributed by atoms with E-state index in [4.69, 9.17) is 10.1 Å². The Morgan fingerprint density at radius 1 is 0.791 bits per heavy atom. The van der Waals surface area contributed by atoms with Gasteiger partial charge in [-0.1, -0.05) is 120 Å². The van der Waals surface area contributed by atoms with Crippen LogP contribution in [0, 0.1) is 6.07 Å². The van der Waals surface area contributed by atoms with Gasteiger partial charge in [0.2, 0.25) is 0 Å². The molecule has 7 rings (SSSR count). The first-order valence-electron chi connectivity index (χ1n) is 14.3. The van der Waals surface area contributed by atoms with Crippen LogP contribution in [0.5, 0.6) is 0 Å². The minimum absolute atomic E-state index is 0. The van der Waals surface area contributed by atoms with E-state index in [2.05, 4.69) is 125 Å². The number of para-hydroxylation sites is 1. The largest absolute Gasteiger partial charge is 0.512 e. The average Bonchev–Trinajstić information content (AvgIpc) is 2.96. The van der Waals surface area contributed by atoms with Gasteiger partial charge in [-0.25, -0.2) is 0 Å². The molecule has 3 heterocycles. The maximum Gasteiger partial charge on any atom is 0.155 e. The number of rotatable bonds is 2. The molecule has 4 aromatic carbocycles. The first-order chi connectivity index (χ1) is 20.0. The number of benzene rings is 4. The number of aliphatic hydroxyl groups is 1. The summed E-state index contributed by atoms with van der Waals surface area (Å²) in [5, 5.41) is 14.0. The Bertz CT molecular complexity index is 1820. The molecule has 0 aliphatic carbocycles. The molecule has 5 heteroatoms. The van der Waals surface area contributed by atoms with Crippen molar-refractivity contribution in [1.29, 1.82) is 0 Å². The van der Waals surface area contributed by atoms with Gasteiger partial charge in [0.1, 0.15) is 0 Å². The summed E-state index contributed by atoms with van der Waals surface area (Å²) in [6.07, 6.45) is 1.17. The molecular formula is C38H35IrNO2P-. The van der Waals surface area contributed by atoms with Gasteiger partial charge in [0.25, 0.3) is 0 Å². The molecule has 1 atom stereocenters. The molecule has 5 aromatic rings. The fraction of sp³-hybridized carbons (Fsp3) is 0.211. The van der Waals surface area contributed by atoms with E-state index in [-0.39, 0.29) is 42.5 Å². The van der Waals surface area contributed by atoms with Gasteiger partial charge in [-0.15, -0.1) is 28.8 Å². The normalized spacial score (nSPS) is 16.9. The molecule has 0 fully saturated rings. The predicted octanol–water partition coefficient (Wildman–Crippen LogP) is 7.77. The third-order valence-electron chi connectivity index (χ3n) is 8.49. The first kappa shape index (κ1) is 31.0. The topological polar surface area (TPSA) is 50.2 Å². The average molecular weight is 761 g/mol. The summed E-state index contributed by atoms with van der Waals surface area (Å²) in [5.41, 5.74) is 8.55. The summed E-state index contributed by atoms with van der Waals surface area (Å²) in [7, 11) is -0.629. The van der Waals surface area contributed by atoms with Crippen molar-refractivity contribution in [2.24, 2.45) is 0 Å². The molecule has 1 radical (unpaired) electrons. The van der Waals surface area contributed by atoms with Crippen molar-refractivity contribution in [1.82, 2.24) is 4.98 Å². The number of nitrogens with zero attached hydrogens (tertiary/aromatic N) is 1. The molecule has 3 nitrogen and oxygen atoms in total. The van der Waals surface area contributed by atoms with E-state index in [0.29, 0.717) is 0 Å². The molecular weight excluding hydrogens is 726 g/mol. The number of fused-ring (bicyclic) bond motifs is 5. The van der Waals surface area contributed by atoms with Crippen molar-refractivity contribution >= 4 is 40.5 Å². The molecule has 219 valence electrons. The summed E-state index contributed by atoms with van der Waals surface area (Å²) < 4.78 is 0. The molecule has 1 N–H and O–H groups in total. The Hall–Kier alpha value is -3.42. The fourth-order valence-electron chi connectivity index (χ4n) is 6.43. The van der Waals surface area contributed by atoms with Gasteiger partial charge in [-0.05, 0) is 63.6 Å². The quantitative estimate of drug-likeness (QED) is 0.0867. The van der Waals surface area contributed by atoms with E-state index in [1.54, 1.807) is 0 Å². The van der Waals surface area contributed by atoms with E-state index in [9.17, 15) is 4.79 Å². The van der Waals surface area contributed by atoms with E-state index >= 15 is 0 Å². The van der Waals surface area contributed by atoms with Crippen LogP contribution in [0.4, 0.5) is 0 Å². The second-order valence-corrected chi connectivity index (χ2v) is 14.3. The molecule has 1 aromatic heterocycles. The Morgan fingerprint density at radius 2 is 1.37 bits per heavy atom. The van der Waals surface area contributed by atoms with E-state index in [1.807, 2.05) is 0 Å². The van der Waals surface area contributed by atoms with Gasteiger partial charge in [0.15, 0.2) is 5.78 Å². The number of ketones is 1. The Labute approximate surface area is 269 Å². The zero-order valence-electron chi connectivity index (χ0n) is 25.3. The first-order valence-corrected chi connectivity index (χ1v) is 15.7. The SMILES string of the molecule is CC(=O)/C=C(/C)O.CC1(C)c2[c-]c(-c3ccc4ccccc4n3)cc3c2P(c2ccccc21)c1ccccc1C3(C)C.[Ir]. The summed E-state index contributed by atoms with van der Waals surface area (Å²) in [4.78, 5) is 15.1. The number of carbonyl (C=O) groups excluding carboxylic acids is 1. The molecule has 2 aliphatic heterocycles. The molecule has 43 heavy (non-hydrogen) atoms. The van der Waals surface area contributed by atoms with Gasteiger partial charge < -0.3 is 5.11 Å². The molecule has 1 unspecified atom stereocenters. The molecule has 0 saturated carbocycles. The van der Waals surface area contributed by atoms with Gasteiger partial charge in [-0.3, -0.25) is 9.78 Å². The van der Waals surface area contributed by atoms with Crippen molar-refractivity contribution in [3.8, 4) is 11.3 Å². The van der Waals surface area contributed by atoms with Crippen LogP contribution < -0.4 is 15.9 Å². The number of allylic oxidation sites excluding steroid dienone is 2. The van der Waals surface area contributed by atoms with Crippen molar-refractivity contribution in [2.45, 2.75) is 52.4 Å². The second-order valence-electron chi connectivity index (χ2n) is 12.2. The van der Waals surface area contributed by atoms with Gasteiger partial charge in [0, 0.05) is 26.2 Å². The summed E-state index contributed by atoms with van der Waals surface area (Å²) in [6, 6.07) is 37.2. The summed E-state index contributed by atoms with van der Waals surface area (Å²) in [5.74, 6) is -0.0625. The number of aromatic nitrogens is 1. The summed E-state index contributed by atoms with van der Waals surface area (Å²) in [6.45, 7) is 12.4. The van der Waals surface area contributed by atoms with Crippen LogP contribution in [0.25, 0.3) is 22.2 Å². The molecule has 2 aliphatic rings. The van der Waals surface area contributed by atoms with Crippen LogP contribution in [0.15, 0.2) is 103 Å². The monoisotopic (exact) mass is 761 g/mol. The second kappa shape index (κ2) is 11.6. The Morgan fingerprint density at radius 3 is 1.98 bits per heavy atom. The third kappa shape index (κ3) is 5.31. The minimum Gasteiger partial charge on any atom is -0.512 e. The summed E-state index contributed by atoms with van der Waals surface area (Å²) >= 11 is 0. The zero-order valence-corrected chi connectivity index (χ0v) is 28.6. The van der Waals surface area contributed by atoms with Crippen LogP contribution in [0.3, 0.4) is 0 Å². The fourth-order valence-corrected chi connectivity index (χ4v) is 9.98. The Balaban J connectivity index is 0.000000415. The van der Waals surface area contributed by atoms with Crippen molar-refractivity contribution in [3.63, 3.8) is 0 Å². The molecule has 0 bridgehead atoms. The number of pyridine rings is 1. The standard InChI is InChI=1S/C33H27NP.C5H8O2.Ir/c1-32(2)23-12-6-9-15-29(23)35-30-16-10-7-13-24(30)33(3,4)26-20-22(19-25(32)31(26)35)28-18-17-21-11-5-8-14-27(21)34-28;1-4(6)3-5(2)7;/h5-19H,1-4H3;3,6H,1-2H3;/q-1;;/b;4-3-;. The maximum absolute atomic E-state index is 10.0. The number of carbonyl (C=O) groups is 1. The Kier molecular flexibility index (Phi) is 8.36. The van der Waals surface area contributed by atoms with Crippen LogP contribution in [0.1, 0.15) is 63.8 Å². The van der Waals surface area contributed by atoms with Crippen LogP contribution in [-0.4, -0.2) is 15.9 Å².